The van der Waals surface area contributed by atoms with E-state index in [0.717, 1.165) is 5.56 Å². The molecule has 2 aromatic carbocycles. The summed E-state index contributed by atoms with van der Waals surface area (Å²) in [7, 11) is 0. The van der Waals surface area contributed by atoms with Crippen LogP contribution in [-0.4, -0.2) is 6.03 Å². The molecule has 0 aliphatic heterocycles. The molecule has 0 aliphatic carbocycles. The van der Waals surface area contributed by atoms with Crippen molar-refractivity contribution in [1.82, 2.24) is 0 Å². The van der Waals surface area contributed by atoms with Crippen molar-refractivity contribution in [3.8, 4) is 6.07 Å². The summed E-state index contributed by atoms with van der Waals surface area (Å²) in [6.07, 6.45) is 0. The Balaban J connectivity index is 2.13. The third-order valence-electron chi connectivity index (χ3n) is 2.74. The molecule has 0 spiro atoms. The van der Waals surface area contributed by atoms with Gasteiger partial charge < -0.3 is 10.6 Å². The van der Waals surface area contributed by atoms with E-state index in [9.17, 15) is 4.79 Å². The van der Waals surface area contributed by atoms with E-state index >= 15 is 0 Å². The van der Waals surface area contributed by atoms with Crippen LogP contribution >= 0.6 is 11.6 Å². The molecule has 5 heteroatoms. The van der Waals surface area contributed by atoms with Gasteiger partial charge in [-0.05, 0) is 36.8 Å². The number of halogens is 1. The van der Waals surface area contributed by atoms with Crippen LogP contribution in [0.3, 0.4) is 0 Å². The summed E-state index contributed by atoms with van der Waals surface area (Å²) in [6, 6.07) is 13.7. The van der Waals surface area contributed by atoms with E-state index in [1.165, 1.54) is 0 Å². The third-order valence-corrected chi connectivity index (χ3v) is 3.07. The van der Waals surface area contributed by atoms with Gasteiger partial charge in [0.1, 0.15) is 0 Å². The van der Waals surface area contributed by atoms with Gasteiger partial charge in [0.2, 0.25) is 0 Å². The Morgan fingerprint density at radius 3 is 2.55 bits per heavy atom. The van der Waals surface area contributed by atoms with Crippen LogP contribution in [0, 0.1) is 18.3 Å². The van der Waals surface area contributed by atoms with E-state index in [4.69, 9.17) is 16.9 Å². The zero-order valence-corrected chi connectivity index (χ0v) is 11.5. The van der Waals surface area contributed by atoms with Crippen LogP contribution in [0.1, 0.15) is 11.1 Å². The molecule has 0 radical (unpaired) electrons. The molecule has 0 aromatic heterocycles. The van der Waals surface area contributed by atoms with Gasteiger partial charge in [-0.1, -0.05) is 29.8 Å². The summed E-state index contributed by atoms with van der Waals surface area (Å²) in [6.45, 7) is 1.85. The number of aryl methyl sites for hydroxylation is 1. The normalized spacial score (nSPS) is 9.65. The van der Waals surface area contributed by atoms with Crippen molar-refractivity contribution >= 4 is 29.0 Å². The lowest BCUT2D eigenvalue weighted by molar-refractivity contribution is 0.262. The Labute approximate surface area is 122 Å². The van der Waals surface area contributed by atoms with Gasteiger partial charge in [-0.2, -0.15) is 5.26 Å². The lowest BCUT2D eigenvalue weighted by Gasteiger charge is -2.11. The number of nitriles is 1. The third kappa shape index (κ3) is 3.28. The minimum absolute atomic E-state index is 0.406. The van der Waals surface area contributed by atoms with Crippen LogP contribution in [0.2, 0.25) is 5.02 Å². The average Bonchev–Trinajstić information content (AvgIpc) is 2.44. The second kappa shape index (κ2) is 6.09. The molecule has 0 heterocycles. The molecule has 0 unspecified atom stereocenters. The summed E-state index contributed by atoms with van der Waals surface area (Å²) in [5.41, 5.74) is 2.48. The van der Waals surface area contributed by atoms with E-state index in [0.29, 0.717) is 22.0 Å². The quantitative estimate of drug-likeness (QED) is 0.870. The predicted octanol–water partition coefficient (Wildman–Crippen LogP) is 4.16. The Morgan fingerprint density at radius 1 is 1.15 bits per heavy atom. The first-order valence-electron chi connectivity index (χ1n) is 5.93. The maximum Gasteiger partial charge on any atom is 0.323 e. The molecular weight excluding hydrogens is 274 g/mol. The van der Waals surface area contributed by atoms with Crippen molar-refractivity contribution in [2.24, 2.45) is 0 Å². The molecule has 0 aliphatic rings. The number of nitrogens with one attached hydrogen (secondary N) is 2. The van der Waals surface area contributed by atoms with Gasteiger partial charge >= 0.3 is 6.03 Å². The summed E-state index contributed by atoms with van der Waals surface area (Å²) >= 11 is 5.96. The Morgan fingerprint density at radius 2 is 1.85 bits per heavy atom. The average molecular weight is 286 g/mol. The Hall–Kier alpha value is -2.51. The van der Waals surface area contributed by atoms with Gasteiger partial charge in [-0.3, -0.25) is 0 Å². The van der Waals surface area contributed by atoms with Crippen LogP contribution in [0.25, 0.3) is 0 Å². The number of amides is 2. The first-order valence-corrected chi connectivity index (χ1v) is 6.31. The molecule has 0 saturated carbocycles. The number of anilines is 2. The zero-order valence-electron chi connectivity index (χ0n) is 10.8. The van der Waals surface area contributed by atoms with Gasteiger partial charge in [0.15, 0.2) is 0 Å². The van der Waals surface area contributed by atoms with Gasteiger partial charge in [0.05, 0.1) is 22.3 Å². The lowest BCUT2D eigenvalue weighted by Crippen LogP contribution is -2.20. The van der Waals surface area contributed by atoms with E-state index in [2.05, 4.69) is 10.6 Å². The Kier molecular flexibility index (Phi) is 4.24. The van der Waals surface area contributed by atoms with Crippen molar-refractivity contribution < 1.29 is 4.79 Å². The smallest absolute Gasteiger partial charge is 0.307 e. The lowest BCUT2D eigenvalue weighted by atomic mass is 10.1. The van der Waals surface area contributed by atoms with E-state index in [1.807, 2.05) is 13.0 Å². The highest BCUT2D eigenvalue weighted by Gasteiger charge is 2.07. The molecule has 2 aromatic rings. The van der Waals surface area contributed by atoms with Crippen molar-refractivity contribution in [2.45, 2.75) is 6.92 Å². The van der Waals surface area contributed by atoms with Crippen LogP contribution in [0.5, 0.6) is 0 Å². The monoisotopic (exact) mass is 285 g/mol. The maximum absolute atomic E-state index is 11.9. The van der Waals surface area contributed by atoms with E-state index in [1.54, 1.807) is 42.5 Å². The second-order valence-electron chi connectivity index (χ2n) is 4.20. The highest BCUT2D eigenvalue weighted by Crippen LogP contribution is 2.21. The standard InChI is InChI=1S/C15H12ClN3O/c1-10-6-7-11(9-17)8-14(10)19-15(20)18-13-5-3-2-4-12(13)16/h2-8H,1H3,(H2,18,19,20). The van der Waals surface area contributed by atoms with Crippen molar-refractivity contribution in [3.05, 3.63) is 58.6 Å². The van der Waals surface area contributed by atoms with Crippen molar-refractivity contribution in [1.29, 1.82) is 5.26 Å². The minimum atomic E-state index is -0.406. The van der Waals surface area contributed by atoms with Crippen molar-refractivity contribution in [3.63, 3.8) is 0 Å². The largest absolute Gasteiger partial charge is 0.323 e. The van der Waals surface area contributed by atoms with E-state index < -0.39 is 6.03 Å². The molecule has 100 valence electrons. The maximum atomic E-state index is 11.9. The number of nitrogens with zero attached hydrogens (tertiary/aromatic N) is 1. The molecule has 2 amide bonds. The molecule has 0 fully saturated rings. The summed E-state index contributed by atoms with van der Waals surface area (Å²) in [5, 5.41) is 14.7. The number of carbonyl (C=O) groups is 1. The predicted molar refractivity (Wildman–Crippen MR) is 80.0 cm³/mol. The number of urea groups is 1. The van der Waals surface area contributed by atoms with Crippen LogP contribution < -0.4 is 10.6 Å². The van der Waals surface area contributed by atoms with Crippen LogP contribution in [0.15, 0.2) is 42.5 Å². The van der Waals surface area contributed by atoms with Crippen molar-refractivity contribution in [2.75, 3.05) is 10.6 Å². The number of rotatable bonds is 2. The molecule has 0 saturated heterocycles. The van der Waals surface area contributed by atoms with Crippen LogP contribution in [-0.2, 0) is 0 Å². The molecule has 2 N–H and O–H groups in total. The molecule has 0 atom stereocenters. The highest BCUT2D eigenvalue weighted by molar-refractivity contribution is 6.33. The number of hydrogen-bond acceptors (Lipinski definition) is 2. The Bertz CT molecular complexity index is 692. The molecular formula is C15H12ClN3O. The molecule has 20 heavy (non-hydrogen) atoms. The number of hydrogen-bond donors (Lipinski definition) is 2. The van der Waals surface area contributed by atoms with Gasteiger partial charge in [-0.25, -0.2) is 4.79 Å². The minimum Gasteiger partial charge on any atom is -0.307 e. The fraction of sp³-hybridized carbons (Fsp3) is 0.0667. The number of para-hydroxylation sites is 1. The fourth-order valence-electron chi connectivity index (χ4n) is 1.66. The molecule has 4 nitrogen and oxygen atoms in total. The number of carbonyl (C=O) groups excluding carboxylic acids is 1. The number of benzene rings is 2. The summed E-state index contributed by atoms with van der Waals surface area (Å²) in [4.78, 5) is 11.9. The SMILES string of the molecule is Cc1ccc(C#N)cc1NC(=O)Nc1ccccc1Cl. The van der Waals surface area contributed by atoms with Gasteiger partial charge in [0.25, 0.3) is 0 Å². The first-order chi connectivity index (χ1) is 9.60. The van der Waals surface area contributed by atoms with Gasteiger partial charge in [-0.15, -0.1) is 0 Å². The topological polar surface area (TPSA) is 64.9 Å². The fourth-order valence-corrected chi connectivity index (χ4v) is 1.85. The highest BCUT2D eigenvalue weighted by atomic mass is 35.5. The summed E-state index contributed by atoms with van der Waals surface area (Å²) in [5.74, 6) is 0. The first kappa shape index (κ1) is 13.9. The van der Waals surface area contributed by atoms with E-state index in [-0.39, 0.29) is 0 Å². The van der Waals surface area contributed by atoms with Crippen LogP contribution in [0.4, 0.5) is 16.2 Å². The van der Waals surface area contributed by atoms with Gasteiger partial charge in [0, 0.05) is 5.69 Å². The summed E-state index contributed by atoms with van der Waals surface area (Å²) < 4.78 is 0. The molecule has 2 rings (SSSR count). The molecule has 0 bridgehead atoms. The zero-order chi connectivity index (χ0) is 14.5. The second-order valence-corrected chi connectivity index (χ2v) is 4.61.